The quantitative estimate of drug-likeness (QED) is 0.849. The van der Waals surface area contributed by atoms with E-state index < -0.39 is 0 Å². The molecule has 0 unspecified atom stereocenters. The highest BCUT2D eigenvalue weighted by Crippen LogP contribution is 2.27. The Morgan fingerprint density at radius 2 is 2.38 bits per heavy atom. The summed E-state index contributed by atoms with van der Waals surface area (Å²) in [4.78, 5) is 19.9. The first-order valence-corrected chi connectivity index (χ1v) is 9.51. The van der Waals surface area contributed by atoms with Gasteiger partial charge in [-0.05, 0) is 25.5 Å². The molecule has 3 rings (SSSR count). The zero-order valence-corrected chi connectivity index (χ0v) is 15.6. The highest BCUT2D eigenvalue weighted by Gasteiger charge is 2.32. The first-order chi connectivity index (χ1) is 11.4. The first kappa shape index (κ1) is 17.6. The summed E-state index contributed by atoms with van der Waals surface area (Å²) in [7, 11) is 0. The van der Waals surface area contributed by atoms with Crippen LogP contribution in [0.25, 0.3) is 6.08 Å². The lowest BCUT2D eigenvalue weighted by Crippen LogP contribution is -2.49. The van der Waals surface area contributed by atoms with Crippen molar-refractivity contribution in [2.75, 3.05) is 26.2 Å². The van der Waals surface area contributed by atoms with Crippen LogP contribution in [0, 0.1) is 0 Å². The second kappa shape index (κ2) is 7.33. The number of nitrogens with one attached hydrogen (secondary N) is 1. The van der Waals surface area contributed by atoms with Crippen molar-refractivity contribution in [3.63, 3.8) is 0 Å². The van der Waals surface area contributed by atoms with Gasteiger partial charge in [0.15, 0.2) is 0 Å². The number of nitrogens with zero attached hydrogens (tertiary/aromatic N) is 2. The van der Waals surface area contributed by atoms with E-state index in [0.29, 0.717) is 12.6 Å². The topological polar surface area (TPSA) is 54.5 Å². The van der Waals surface area contributed by atoms with Crippen LogP contribution in [0.5, 0.6) is 0 Å². The second-order valence-corrected chi connectivity index (χ2v) is 8.70. The molecule has 24 heavy (non-hydrogen) atoms. The van der Waals surface area contributed by atoms with Gasteiger partial charge >= 0.3 is 0 Å². The van der Waals surface area contributed by atoms with Crippen LogP contribution in [0.15, 0.2) is 12.3 Å². The van der Waals surface area contributed by atoms with E-state index in [1.165, 1.54) is 19.4 Å². The van der Waals surface area contributed by atoms with E-state index in [1.54, 1.807) is 17.4 Å². The molecule has 2 aliphatic heterocycles. The summed E-state index contributed by atoms with van der Waals surface area (Å²) in [5.74, 6) is -0.0761. The molecule has 0 bridgehead atoms. The third-order valence-corrected chi connectivity index (χ3v) is 5.92. The van der Waals surface area contributed by atoms with E-state index in [2.05, 4.69) is 36.0 Å². The standard InChI is InChI=1S/C18H27N3O2S/c1-18(2,3)17-20-10-15(24-17)6-7-16(22)19-9-14-11-21-8-4-5-13(21)12-23-14/h6-7,10,13-14H,4-5,8-9,11-12H2,1-3H3,(H,19,22)/b7-6+/t13-,14-/m1/s1. The summed E-state index contributed by atoms with van der Waals surface area (Å²) in [6.45, 7) is 9.89. The first-order valence-electron chi connectivity index (χ1n) is 8.70. The van der Waals surface area contributed by atoms with E-state index >= 15 is 0 Å². The fourth-order valence-corrected chi connectivity index (χ4v) is 4.03. The minimum Gasteiger partial charge on any atom is -0.373 e. The van der Waals surface area contributed by atoms with Gasteiger partial charge in [0.25, 0.3) is 0 Å². The number of hydrogen-bond donors (Lipinski definition) is 1. The van der Waals surface area contributed by atoms with Gasteiger partial charge in [-0.3, -0.25) is 9.69 Å². The predicted octanol–water partition coefficient (Wildman–Crippen LogP) is 2.43. The fraction of sp³-hybridized carbons (Fsp3) is 0.667. The smallest absolute Gasteiger partial charge is 0.244 e. The maximum atomic E-state index is 12.0. The summed E-state index contributed by atoms with van der Waals surface area (Å²) >= 11 is 1.63. The van der Waals surface area contributed by atoms with Gasteiger partial charge in [0.1, 0.15) is 0 Å². The number of rotatable bonds is 4. The van der Waals surface area contributed by atoms with Gasteiger partial charge in [-0.2, -0.15) is 0 Å². The monoisotopic (exact) mass is 349 g/mol. The van der Waals surface area contributed by atoms with Crippen molar-refractivity contribution in [3.8, 4) is 0 Å². The van der Waals surface area contributed by atoms with Gasteiger partial charge in [-0.25, -0.2) is 4.98 Å². The molecule has 0 radical (unpaired) electrons. The molecular formula is C18H27N3O2S. The maximum absolute atomic E-state index is 12.0. The molecule has 0 saturated carbocycles. The van der Waals surface area contributed by atoms with Crippen LogP contribution >= 0.6 is 11.3 Å². The molecule has 132 valence electrons. The Kier molecular flexibility index (Phi) is 5.37. The van der Waals surface area contributed by atoms with Gasteiger partial charge in [0.05, 0.1) is 17.7 Å². The van der Waals surface area contributed by atoms with E-state index in [9.17, 15) is 4.79 Å². The zero-order chi connectivity index (χ0) is 17.2. The molecule has 2 saturated heterocycles. The Morgan fingerprint density at radius 1 is 1.54 bits per heavy atom. The van der Waals surface area contributed by atoms with Crippen molar-refractivity contribution in [1.82, 2.24) is 15.2 Å². The summed E-state index contributed by atoms with van der Waals surface area (Å²) in [6.07, 6.45) is 7.86. The number of carbonyl (C=O) groups excluding carboxylic acids is 1. The van der Waals surface area contributed by atoms with Crippen LogP contribution in [-0.4, -0.2) is 54.2 Å². The van der Waals surface area contributed by atoms with Crippen molar-refractivity contribution in [1.29, 1.82) is 0 Å². The average Bonchev–Trinajstić information content (AvgIpc) is 3.18. The van der Waals surface area contributed by atoms with Crippen LogP contribution in [0.4, 0.5) is 0 Å². The minimum atomic E-state index is -0.0761. The Labute approximate surface area is 148 Å². The molecule has 6 heteroatoms. The van der Waals surface area contributed by atoms with Gasteiger partial charge < -0.3 is 10.1 Å². The van der Waals surface area contributed by atoms with Crippen molar-refractivity contribution >= 4 is 23.3 Å². The fourth-order valence-electron chi connectivity index (χ4n) is 3.15. The molecule has 0 aromatic carbocycles. The lowest BCUT2D eigenvalue weighted by atomic mass is 9.98. The van der Waals surface area contributed by atoms with E-state index in [1.807, 2.05) is 12.3 Å². The normalized spacial score (nSPS) is 25.1. The molecule has 2 aliphatic rings. The van der Waals surface area contributed by atoms with Crippen LogP contribution < -0.4 is 5.32 Å². The Hall–Kier alpha value is -1.24. The summed E-state index contributed by atoms with van der Waals surface area (Å²) < 4.78 is 5.86. The van der Waals surface area contributed by atoms with Gasteiger partial charge in [-0.15, -0.1) is 11.3 Å². The number of carbonyl (C=O) groups is 1. The van der Waals surface area contributed by atoms with Crippen LogP contribution in [0.2, 0.25) is 0 Å². The Balaban J connectivity index is 1.44. The van der Waals surface area contributed by atoms with Gasteiger partial charge in [0, 0.05) is 41.7 Å². The molecule has 1 aromatic heterocycles. The maximum Gasteiger partial charge on any atom is 0.244 e. The highest BCUT2D eigenvalue weighted by molar-refractivity contribution is 7.12. The third kappa shape index (κ3) is 4.43. The van der Waals surface area contributed by atoms with Gasteiger partial charge in [0.2, 0.25) is 5.91 Å². The summed E-state index contributed by atoms with van der Waals surface area (Å²) in [6, 6.07) is 0.597. The van der Waals surface area contributed by atoms with Crippen molar-refractivity contribution in [2.24, 2.45) is 0 Å². The molecule has 1 amide bonds. The minimum absolute atomic E-state index is 0.0464. The molecule has 1 N–H and O–H groups in total. The van der Waals surface area contributed by atoms with E-state index in [4.69, 9.17) is 4.74 Å². The van der Waals surface area contributed by atoms with Gasteiger partial charge in [-0.1, -0.05) is 20.8 Å². The Bertz CT molecular complexity index is 606. The molecule has 0 spiro atoms. The third-order valence-electron chi connectivity index (χ3n) is 4.53. The van der Waals surface area contributed by atoms with Crippen LogP contribution in [0.3, 0.4) is 0 Å². The molecular weight excluding hydrogens is 322 g/mol. The van der Waals surface area contributed by atoms with Crippen molar-refractivity contribution < 1.29 is 9.53 Å². The van der Waals surface area contributed by atoms with Crippen molar-refractivity contribution in [2.45, 2.75) is 51.2 Å². The summed E-state index contributed by atoms with van der Waals surface area (Å²) in [5, 5.41) is 4.03. The lowest BCUT2D eigenvalue weighted by Gasteiger charge is -2.35. The zero-order valence-electron chi connectivity index (χ0n) is 14.7. The highest BCUT2D eigenvalue weighted by atomic mass is 32.1. The van der Waals surface area contributed by atoms with Crippen LogP contribution in [0.1, 0.15) is 43.5 Å². The van der Waals surface area contributed by atoms with Crippen LogP contribution in [-0.2, 0) is 14.9 Å². The number of aromatic nitrogens is 1. The molecule has 5 nitrogen and oxygen atoms in total. The predicted molar refractivity (Wildman–Crippen MR) is 97.2 cm³/mol. The number of amides is 1. The largest absolute Gasteiger partial charge is 0.373 e. The summed E-state index contributed by atoms with van der Waals surface area (Å²) in [5.41, 5.74) is 0.0464. The molecule has 2 atom stereocenters. The number of morpholine rings is 1. The van der Waals surface area contributed by atoms with E-state index in [-0.39, 0.29) is 17.4 Å². The SMILES string of the molecule is CC(C)(C)c1ncc(/C=C/C(=O)NC[C@@H]2CN3CCC[C@@H]3CO2)s1. The molecule has 2 fully saturated rings. The molecule has 1 aromatic rings. The Morgan fingerprint density at radius 3 is 3.12 bits per heavy atom. The van der Waals surface area contributed by atoms with E-state index in [0.717, 1.165) is 23.0 Å². The average molecular weight is 350 g/mol. The number of ether oxygens (including phenoxy) is 1. The van der Waals surface area contributed by atoms with Crippen molar-refractivity contribution in [3.05, 3.63) is 22.2 Å². The lowest BCUT2D eigenvalue weighted by molar-refractivity contribution is -0.117. The number of fused-ring (bicyclic) bond motifs is 1. The molecule has 3 heterocycles. The second-order valence-electron chi connectivity index (χ2n) is 7.64. The number of thiazole rings is 1. The molecule has 0 aliphatic carbocycles. The number of hydrogen-bond acceptors (Lipinski definition) is 5.